The molecule has 0 atom stereocenters. The SMILES string of the molecule is CC(C)N(CCN1C(=O)C(=O)c2cc(Br)ccc21)C(C)C. The van der Waals surface area contributed by atoms with Crippen molar-refractivity contribution in [2.24, 2.45) is 0 Å². The third kappa shape index (κ3) is 3.19. The minimum Gasteiger partial charge on any atom is -0.303 e. The van der Waals surface area contributed by atoms with Crippen LogP contribution >= 0.6 is 15.9 Å². The van der Waals surface area contributed by atoms with Crippen molar-refractivity contribution in [1.82, 2.24) is 4.90 Å². The van der Waals surface area contributed by atoms with Crippen molar-refractivity contribution in [3.8, 4) is 0 Å². The average Bonchev–Trinajstić information content (AvgIpc) is 2.63. The summed E-state index contributed by atoms with van der Waals surface area (Å²) in [6, 6.07) is 6.22. The van der Waals surface area contributed by atoms with Gasteiger partial charge in [0.25, 0.3) is 11.7 Å². The molecule has 0 bridgehead atoms. The van der Waals surface area contributed by atoms with Gasteiger partial charge in [-0.2, -0.15) is 0 Å². The van der Waals surface area contributed by atoms with E-state index in [1.807, 2.05) is 12.1 Å². The van der Waals surface area contributed by atoms with Gasteiger partial charge in [0, 0.05) is 29.6 Å². The molecule has 0 radical (unpaired) electrons. The van der Waals surface area contributed by atoms with Crippen molar-refractivity contribution in [2.45, 2.75) is 39.8 Å². The van der Waals surface area contributed by atoms with Gasteiger partial charge in [0.15, 0.2) is 0 Å². The van der Waals surface area contributed by atoms with Crippen molar-refractivity contribution in [3.63, 3.8) is 0 Å². The second-order valence-electron chi connectivity index (χ2n) is 5.87. The first-order chi connectivity index (χ1) is 9.82. The Hall–Kier alpha value is -1.20. The molecule has 0 spiro atoms. The molecule has 1 aliphatic heterocycles. The van der Waals surface area contributed by atoms with E-state index in [0.717, 1.165) is 16.7 Å². The number of anilines is 1. The van der Waals surface area contributed by atoms with E-state index in [1.165, 1.54) is 0 Å². The Morgan fingerprint density at radius 1 is 1.14 bits per heavy atom. The van der Waals surface area contributed by atoms with Gasteiger partial charge in [0.2, 0.25) is 0 Å². The lowest BCUT2D eigenvalue weighted by molar-refractivity contribution is -0.114. The number of amides is 1. The van der Waals surface area contributed by atoms with Gasteiger partial charge < -0.3 is 4.90 Å². The van der Waals surface area contributed by atoms with Crippen LogP contribution in [-0.4, -0.2) is 41.8 Å². The van der Waals surface area contributed by atoms with Gasteiger partial charge in [-0.05, 0) is 45.9 Å². The van der Waals surface area contributed by atoms with Gasteiger partial charge in [0.05, 0.1) is 11.3 Å². The lowest BCUT2D eigenvalue weighted by atomic mass is 10.1. The van der Waals surface area contributed by atoms with E-state index in [-0.39, 0.29) is 0 Å². The summed E-state index contributed by atoms with van der Waals surface area (Å²) < 4.78 is 0.815. The van der Waals surface area contributed by atoms with E-state index in [0.29, 0.717) is 24.2 Å². The van der Waals surface area contributed by atoms with Gasteiger partial charge in [-0.25, -0.2) is 0 Å². The highest BCUT2D eigenvalue weighted by atomic mass is 79.9. The summed E-state index contributed by atoms with van der Waals surface area (Å²) in [5.74, 6) is -0.831. The summed E-state index contributed by atoms with van der Waals surface area (Å²) in [6.07, 6.45) is 0. The van der Waals surface area contributed by atoms with Crippen molar-refractivity contribution in [2.75, 3.05) is 18.0 Å². The van der Waals surface area contributed by atoms with Crippen LogP contribution in [0.25, 0.3) is 0 Å². The van der Waals surface area contributed by atoms with Crippen LogP contribution in [0, 0.1) is 0 Å². The zero-order valence-corrected chi connectivity index (χ0v) is 14.5. The number of carbonyl (C=O) groups excluding carboxylic acids is 2. The normalized spacial score (nSPS) is 14.8. The first-order valence-electron chi connectivity index (χ1n) is 7.24. The molecule has 0 aliphatic carbocycles. The summed E-state index contributed by atoms with van der Waals surface area (Å²) in [5.41, 5.74) is 1.22. The van der Waals surface area contributed by atoms with Gasteiger partial charge >= 0.3 is 0 Å². The molecule has 114 valence electrons. The molecule has 5 heteroatoms. The Bertz CT molecular complexity index is 561. The minimum atomic E-state index is -0.421. The lowest BCUT2D eigenvalue weighted by Crippen LogP contribution is -2.43. The summed E-state index contributed by atoms with van der Waals surface area (Å²) in [4.78, 5) is 28.1. The van der Waals surface area contributed by atoms with Crippen molar-refractivity contribution >= 4 is 33.3 Å². The van der Waals surface area contributed by atoms with Gasteiger partial charge in [0.1, 0.15) is 0 Å². The molecular weight excluding hydrogens is 332 g/mol. The maximum Gasteiger partial charge on any atom is 0.299 e. The molecular formula is C16H21BrN2O2. The Morgan fingerprint density at radius 3 is 2.33 bits per heavy atom. The standard InChI is InChI=1S/C16H21BrN2O2/c1-10(2)18(11(3)4)7-8-19-14-6-5-12(17)9-13(14)15(20)16(19)21/h5-6,9-11H,7-8H2,1-4H3. The molecule has 0 aromatic heterocycles. The number of benzene rings is 1. The van der Waals surface area contributed by atoms with Crippen LogP contribution in [-0.2, 0) is 4.79 Å². The number of hydrogen-bond acceptors (Lipinski definition) is 3. The number of ketones is 1. The summed E-state index contributed by atoms with van der Waals surface area (Å²) >= 11 is 3.34. The molecule has 1 aromatic rings. The quantitative estimate of drug-likeness (QED) is 0.764. The van der Waals surface area contributed by atoms with E-state index in [2.05, 4.69) is 48.5 Å². The highest BCUT2D eigenvalue weighted by Gasteiger charge is 2.35. The fourth-order valence-electron chi connectivity index (χ4n) is 2.82. The van der Waals surface area contributed by atoms with E-state index in [4.69, 9.17) is 0 Å². The highest BCUT2D eigenvalue weighted by molar-refractivity contribution is 9.10. The molecule has 4 nitrogen and oxygen atoms in total. The van der Waals surface area contributed by atoms with E-state index < -0.39 is 11.7 Å². The molecule has 0 N–H and O–H groups in total. The Kier molecular flexibility index (Phi) is 4.84. The minimum absolute atomic E-state index is 0.405. The first kappa shape index (κ1) is 16.2. The van der Waals surface area contributed by atoms with Crippen LogP contribution in [0.4, 0.5) is 5.69 Å². The van der Waals surface area contributed by atoms with Crippen LogP contribution < -0.4 is 4.90 Å². The smallest absolute Gasteiger partial charge is 0.299 e. The number of nitrogens with zero attached hydrogens (tertiary/aromatic N) is 2. The van der Waals surface area contributed by atoms with Gasteiger partial charge in [-0.1, -0.05) is 15.9 Å². The third-order valence-electron chi connectivity index (χ3n) is 3.84. The number of rotatable bonds is 5. The van der Waals surface area contributed by atoms with Crippen molar-refractivity contribution < 1.29 is 9.59 Å². The second kappa shape index (κ2) is 6.28. The molecule has 1 aliphatic rings. The number of Topliss-reactive ketones (excluding diaryl/α,β-unsaturated/α-hetero) is 1. The van der Waals surface area contributed by atoms with Gasteiger partial charge in [-0.3, -0.25) is 14.5 Å². The molecule has 0 fully saturated rings. The summed E-state index contributed by atoms with van der Waals surface area (Å²) in [7, 11) is 0. The number of fused-ring (bicyclic) bond motifs is 1. The topological polar surface area (TPSA) is 40.6 Å². The summed E-state index contributed by atoms with van der Waals surface area (Å²) in [6.45, 7) is 9.85. The molecule has 1 aromatic carbocycles. The van der Waals surface area contributed by atoms with Crippen molar-refractivity contribution in [1.29, 1.82) is 0 Å². The lowest BCUT2D eigenvalue weighted by Gasteiger charge is -2.32. The third-order valence-corrected chi connectivity index (χ3v) is 4.34. The van der Waals surface area contributed by atoms with Crippen LogP contribution in [0.5, 0.6) is 0 Å². The van der Waals surface area contributed by atoms with E-state index in [9.17, 15) is 9.59 Å². The van der Waals surface area contributed by atoms with E-state index in [1.54, 1.807) is 11.0 Å². The zero-order chi connectivity index (χ0) is 15.7. The van der Waals surface area contributed by atoms with E-state index >= 15 is 0 Å². The highest BCUT2D eigenvalue weighted by Crippen LogP contribution is 2.31. The fourth-order valence-corrected chi connectivity index (χ4v) is 3.18. The molecule has 1 amide bonds. The van der Waals surface area contributed by atoms with Gasteiger partial charge in [-0.15, -0.1) is 0 Å². The van der Waals surface area contributed by atoms with Crippen LogP contribution in [0.1, 0.15) is 38.1 Å². The predicted molar refractivity (Wildman–Crippen MR) is 87.8 cm³/mol. The largest absolute Gasteiger partial charge is 0.303 e. The Labute approximate surface area is 134 Å². The van der Waals surface area contributed by atoms with Crippen LogP contribution in [0.2, 0.25) is 0 Å². The zero-order valence-electron chi connectivity index (χ0n) is 12.9. The summed E-state index contributed by atoms with van der Waals surface area (Å²) in [5, 5.41) is 0. The maximum absolute atomic E-state index is 12.2. The maximum atomic E-state index is 12.2. The number of hydrogen-bond donors (Lipinski definition) is 0. The van der Waals surface area contributed by atoms with Crippen LogP contribution in [0.3, 0.4) is 0 Å². The molecule has 1 heterocycles. The van der Waals surface area contributed by atoms with Crippen LogP contribution in [0.15, 0.2) is 22.7 Å². The Morgan fingerprint density at radius 2 is 1.76 bits per heavy atom. The predicted octanol–water partition coefficient (Wildman–Crippen LogP) is 3.10. The monoisotopic (exact) mass is 352 g/mol. The molecule has 0 unspecified atom stereocenters. The Balaban J connectivity index is 2.19. The van der Waals surface area contributed by atoms with Crippen molar-refractivity contribution in [3.05, 3.63) is 28.2 Å². The molecule has 21 heavy (non-hydrogen) atoms. The second-order valence-corrected chi connectivity index (χ2v) is 6.79. The first-order valence-corrected chi connectivity index (χ1v) is 8.03. The number of carbonyl (C=O) groups is 2. The number of halogens is 1. The molecule has 0 saturated heterocycles. The molecule has 0 saturated carbocycles. The average molecular weight is 353 g/mol. The molecule has 2 rings (SSSR count). The fraction of sp³-hybridized carbons (Fsp3) is 0.500.